The van der Waals surface area contributed by atoms with Crippen molar-refractivity contribution in [3.05, 3.63) is 21.4 Å². The molecule has 0 bridgehead atoms. The minimum absolute atomic E-state index is 0.101. The number of nitrogens with one attached hydrogen (secondary N) is 1. The van der Waals surface area contributed by atoms with Gasteiger partial charge in [0.1, 0.15) is 0 Å². The van der Waals surface area contributed by atoms with Gasteiger partial charge in [0.15, 0.2) is 0 Å². The number of esters is 1. The average molecular weight is 431 g/mol. The van der Waals surface area contributed by atoms with Crippen LogP contribution in [0.5, 0.6) is 0 Å². The average Bonchev–Trinajstić information content (AvgIpc) is 2.54. The quantitative estimate of drug-likeness (QED) is 0.337. The van der Waals surface area contributed by atoms with Gasteiger partial charge in [-0.3, -0.25) is 15.1 Å². The normalized spacial score (nSPS) is 19.0. The molecule has 150 valence electrons. The Balaban J connectivity index is 3.23. The summed E-state index contributed by atoms with van der Waals surface area (Å²) in [6.07, 6.45) is 3.25. The molecule has 5 nitrogen and oxygen atoms in total. The van der Waals surface area contributed by atoms with E-state index in [0.29, 0.717) is 11.8 Å². The predicted octanol–water partition coefficient (Wildman–Crippen LogP) is 4.89. The molecule has 26 heavy (non-hydrogen) atoms. The molecule has 0 radical (unpaired) electrons. The maximum Gasteiger partial charge on any atom is 0.310 e. The molecule has 0 aromatic heterocycles. The number of hydrogen-bond acceptors (Lipinski definition) is 5. The summed E-state index contributed by atoms with van der Waals surface area (Å²) in [4.78, 5) is 19.7. The highest BCUT2D eigenvalue weighted by Gasteiger charge is 2.29. The summed E-state index contributed by atoms with van der Waals surface area (Å²) >= 11 is 3.74. The van der Waals surface area contributed by atoms with Crippen molar-refractivity contribution in [3.63, 3.8) is 0 Å². The number of hydroxylamine groups is 1. The predicted molar refractivity (Wildman–Crippen MR) is 110 cm³/mol. The number of carbonyl (C=O) groups is 1. The summed E-state index contributed by atoms with van der Waals surface area (Å²) < 4.78 is 6.32. The first-order chi connectivity index (χ1) is 12.1. The third-order valence-electron chi connectivity index (χ3n) is 4.71. The SMILES string of the molecule is CC/C(CC(=O)OC(C)C)=C(\C(Br)=C(\C)NOC)N1CCC(C)(C)CC1. The van der Waals surface area contributed by atoms with Crippen LogP contribution in [0.2, 0.25) is 0 Å². The molecule has 0 atom stereocenters. The van der Waals surface area contributed by atoms with Gasteiger partial charge in [-0.25, -0.2) is 0 Å². The minimum Gasteiger partial charge on any atom is -0.463 e. The van der Waals surface area contributed by atoms with E-state index in [4.69, 9.17) is 9.57 Å². The highest BCUT2D eigenvalue weighted by Crippen LogP contribution is 2.36. The number of ether oxygens (including phenoxy) is 1. The smallest absolute Gasteiger partial charge is 0.310 e. The molecule has 0 unspecified atom stereocenters. The van der Waals surface area contributed by atoms with Crippen LogP contribution in [0.3, 0.4) is 0 Å². The van der Waals surface area contributed by atoms with Crippen LogP contribution in [0.4, 0.5) is 0 Å². The van der Waals surface area contributed by atoms with Gasteiger partial charge < -0.3 is 9.64 Å². The van der Waals surface area contributed by atoms with E-state index in [9.17, 15) is 4.79 Å². The molecule has 1 aliphatic rings. The van der Waals surface area contributed by atoms with E-state index < -0.39 is 0 Å². The van der Waals surface area contributed by atoms with Crippen LogP contribution in [0.1, 0.15) is 67.2 Å². The fourth-order valence-electron chi connectivity index (χ4n) is 3.08. The fraction of sp³-hybridized carbons (Fsp3) is 0.750. The van der Waals surface area contributed by atoms with Gasteiger partial charge in [0, 0.05) is 13.1 Å². The lowest BCUT2D eigenvalue weighted by atomic mass is 9.82. The van der Waals surface area contributed by atoms with Crippen molar-refractivity contribution in [2.75, 3.05) is 20.2 Å². The highest BCUT2D eigenvalue weighted by molar-refractivity contribution is 9.12. The Hall–Kier alpha value is -1.01. The van der Waals surface area contributed by atoms with E-state index in [2.05, 4.69) is 47.1 Å². The number of nitrogens with zero attached hydrogens (tertiary/aromatic N) is 1. The maximum atomic E-state index is 12.3. The molecule has 0 aromatic rings. The van der Waals surface area contributed by atoms with Crippen LogP contribution in [0.25, 0.3) is 0 Å². The summed E-state index contributed by atoms with van der Waals surface area (Å²) in [5.74, 6) is -0.177. The van der Waals surface area contributed by atoms with Crippen molar-refractivity contribution in [3.8, 4) is 0 Å². The molecule has 1 heterocycles. The summed E-state index contributed by atoms with van der Waals surface area (Å²) in [6.45, 7) is 14.4. The van der Waals surface area contributed by atoms with E-state index in [1.54, 1.807) is 7.11 Å². The van der Waals surface area contributed by atoms with Gasteiger partial charge in [0.2, 0.25) is 0 Å². The second-order valence-electron chi connectivity index (χ2n) is 7.92. The Morgan fingerprint density at radius 3 is 2.31 bits per heavy atom. The standard InChI is InChI=1S/C20H35BrN2O3/c1-8-16(13-17(24)26-14(2)3)19(18(21)15(4)22-25-7)23-11-9-20(5,6)10-12-23/h14,22H,8-13H2,1-7H3/b18-15+,19-16-. The van der Waals surface area contributed by atoms with Crippen LogP contribution in [0, 0.1) is 5.41 Å². The molecule has 1 fully saturated rings. The van der Waals surface area contributed by atoms with E-state index in [0.717, 1.165) is 53.8 Å². The van der Waals surface area contributed by atoms with E-state index in [1.807, 2.05) is 20.8 Å². The van der Waals surface area contributed by atoms with Crippen molar-refractivity contribution in [2.45, 2.75) is 73.3 Å². The molecule has 1 rings (SSSR count). The van der Waals surface area contributed by atoms with Gasteiger partial charge in [0.05, 0.1) is 35.5 Å². The Kier molecular flexibility index (Phi) is 9.17. The second-order valence-corrected chi connectivity index (χ2v) is 8.71. The molecule has 6 heteroatoms. The zero-order valence-electron chi connectivity index (χ0n) is 17.4. The number of rotatable bonds is 8. The van der Waals surface area contributed by atoms with Crippen LogP contribution < -0.4 is 5.48 Å². The lowest BCUT2D eigenvalue weighted by Gasteiger charge is -2.40. The number of allylic oxidation sites excluding steroid dienone is 2. The van der Waals surface area contributed by atoms with Crippen molar-refractivity contribution >= 4 is 21.9 Å². The molecular weight excluding hydrogens is 396 g/mol. The number of carbonyl (C=O) groups excluding carboxylic acids is 1. The Bertz CT molecular complexity index is 543. The van der Waals surface area contributed by atoms with Crippen LogP contribution in [-0.2, 0) is 14.4 Å². The summed E-state index contributed by atoms with van der Waals surface area (Å²) in [5, 5.41) is 0. The molecule has 0 aliphatic carbocycles. The van der Waals surface area contributed by atoms with E-state index in [1.165, 1.54) is 0 Å². The van der Waals surface area contributed by atoms with Crippen LogP contribution in [-0.4, -0.2) is 37.2 Å². The summed E-state index contributed by atoms with van der Waals surface area (Å²) in [5.41, 5.74) is 6.32. The molecule has 0 saturated carbocycles. The van der Waals surface area contributed by atoms with Gasteiger partial charge >= 0.3 is 5.97 Å². The number of halogens is 1. The van der Waals surface area contributed by atoms with Crippen molar-refractivity contribution < 1.29 is 14.4 Å². The van der Waals surface area contributed by atoms with Gasteiger partial charge in [-0.1, -0.05) is 20.8 Å². The van der Waals surface area contributed by atoms with Crippen molar-refractivity contribution in [1.29, 1.82) is 0 Å². The molecular formula is C20H35BrN2O3. The summed E-state index contributed by atoms with van der Waals surface area (Å²) in [6, 6.07) is 0. The largest absolute Gasteiger partial charge is 0.463 e. The Labute approximate surface area is 167 Å². The molecule has 1 saturated heterocycles. The lowest BCUT2D eigenvalue weighted by molar-refractivity contribution is -0.146. The first kappa shape index (κ1) is 23.0. The minimum atomic E-state index is -0.177. The van der Waals surface area contributed by atoms with Crippen molar-refractivity contribution in [2.24, 2.45) is 5.41 Å². The topological polar surface area (TPSA) is 50.8 Å². The third-order valence-corrected chi connectivity index (χ3v) is 5.68. The van der Waals surface area contributed by atoms with Crippen molar-refractivity contribution in [1.82, 2.24) is 10.4 Å². The van der Waals surface area contributed by atoms with Gasteiger partial charge in [0.25, 0.3) is 0 Å². The van der Waals surface area contributed by atoms with Gasteiger partial charge in [-0.15, -0.1) is 0 Å². The first-order valence-electron chi connectivity index (χ1n) is 9.43. The zero-order valence-corrected chi connectivity index (χ0v) is 19.0. The molecule has 0 amide bonds. The first-order valence-corrected chi connectivity index (χ1v) is 10.2. The summed E-state index contributed by atoms with van der Waals surface area (Å²) in [7, 11) is 1.59. The monoisotopic (exact) mass is 430 g/mol. The van der Waals surface area contributed by atoms with E-state index in [-0.39, 0.29) is 12.1 Å². The molecule has 0 spiro atoms. The van der Waals surface area contributed by atoms with Crippen LogP contribution in [0.15, 0.2) is 21.4 Å². The van der Waals surface area contributed by atoms with Gasteiger partial charge in [-0.05, 0) is 67.0 Å². The molecule has 1 aliphatic heterocycles. The maximum absolute atomic E-state index is 12.3. The third kappa shape index (κ3) is 6.95. The number of likely N-dealkylation sites (tertiary alicyclic amines) is 1. The Morgan fingerprint density at radius 1 is 1.27 bits per heavy atom. The lowest BCUT2D eigenvalue weighted by Crippen LogP contribution is -2.38. The second kappa shape index (κ2) is 10.4. The van der Waals surface area contributed by atoms with E-state index >= 15 is 0 Å². The molecule has 1 N–H and O–H groups in total. The fourth-order valence-corrected chi connectivity index (χ4v) is 3.70. The van der Waals surface area contributed by atoms with Gasteiger partial charge in [-0.2, -0.15) is 0 Å². The number of hydrogen-bond donors (Lipinski definition) is 1. The number of piperidine rings is 1. The highest BCUT2D eigenvalue weighted by atomic mass is 79.9. The zero-order chi connectivity index (χ0) is 19.9. The molecule has 0 aromatic carbocycles. The van der Waals surface area contributed by atoms with Crippen LogP contribution >= 0.6 is 15.9 Å². The Morgan fingerprint density at radius 2 is 1.85 bits per heavy atom.